The highest BCUT2D eigenvalue weighted by Crippen LogP contribution is 2.07. The zero-order valence-corrected chi connectivity index (χ0v) is 13.0. The number of carbonyl (C=O) groups is 1. The van der Waals surface area contributed by atoms with Gasteiger partial charge in [0.15, 0.2) is 7.14 Å². The summed E-state index contributed by atoms with van der Waals surface area (Å²) in [6, 6.07) is 12.4. The van der Waals surface area contributed by atoms with E-state index in [-0.39, 0.29) is 21.2 Å². The minimum absolute atomic E-state index is 0.209. The van der Waals surface area contributed by atoms with E-state index in [0.29, 0.717) is 0 Å². The number of halogens is 1. The van der Waals surface area contributed by atoms with E-state index < -0.39 is 0 Å². The average Bonchev–Trinajstić information content (AvgIpc) is 2.34. The standard InChI is InChI=1S/C16H16IO/c1-11-7-12(2)16(13(3)8-11)17-15-6-4-5-14(9-15)10-18/h4-10H,1-3H3/q+1. The first-order valence-corrected chi connectivity index (χ1v) is 8.04. The van der Waals surface area contributed by atoms with Crippen molar-refractivity contribution in [2.75, 3.05) is 0 Å². The largest absolute Gasteiger partial charge is 0.358 e. The van der Waals surface area contributed by atoms with Crippen LogP contribution in [-0.2, 0) is 0 Å². The lowest BCUT2D eigenvalue weighted by molar-refractivity contribution is -0.598. The fourth-order valence-corrected chi connectivity index (χ4v) is 4.75. The van der Waals surface area contributed by atoms with Gasteiger partial charge in [-0.2, -0.15) is 0 Å². The van der Waals surface area contributed by atoms with Crippen molar-refractivity contribution in [3.8, 4) is 0 Å². The molecular formula is C16H16IO+. The third kappa shape index (κ3) is 2.99. The lowest BCUT2D eigenvalue weighted by Gasteiger charge is -2.01. The van der Waals surface area contributed by atoms with Crippen LogP contribution < -0.4 is 21.2 Å². The lowest BCUT2D eigenvalue weighted by Crippen LogP contribution is -3.62. The van der Waals surface area contributed by atoms with Gasteiger partial charge in [0, 0.05) is 22.8 Å². The highest BCUT2D eigenvalue weighted by Gasteiger charge is 2.21. The summed E-state index contributed by atoms with van der Waals surface area (Å²) >= 11 is -0.209. The fraction of sp³-hybridized carbons (Fsp3) is 0.188. The predicted octanol–water partition coefficient (Wildman–Crippen LogP) is 0.553. The summed E-state index contributed by atoms with van der Waals surface area (Å²) in [4.78, 5) is 10.8. The van der Waals surface area contributed by atoms with Gasteiger partial charge in [-0.15, -0.1) is 0 Å². The van der Waals surface area contributed by atoms with E-state index in [1.54, 1.807) is 0 Å². The van der Waals surface area contributed by atoms with Crippen molar-refractivity contribution >= 4 is 6.29 Å². The van der Waals surface area contributed by atoms with Crippen LogP contribution in [0.4, 0.5) is 0 Å². The van der Waals surface area contributed by atoms with Crippen LogP contribution in [0.5, 0.6) is 0 Å². The SMILES string of the molecule is Cc1cc(C)c([I+]c2cccc(C=O)c2)c(C)c1. The van der Waals surface area contributed by atoms with Crippen molar-refractivity contribution < 1.29 is 26.0 Å². The first kappa shape index (κ1) is 13.3. The second kappa shape index (κ2) is 5.65. The first-order chi connectivity index (χ1) is 8.60. The van der Waals surface area contributed by atoms with E-state index in [4.69, 9.17) is 0 Å². The maximum Gasteiger partial charge on any atom is 0.358 e. The van der Waals surface area contributed by atoms with Crippen molar-refractivity contribution in [1.29, 1.82) is 0 Å². The third-order valence-corrected chi connectivity index (χ3v) is 6.30. The molecule has 0 saturated carbocycles. The minimum Gasteiger partial charge on any atom is -0.298 e. The van der Waals surface area contributed by atoms with Crippen LogP contribution in [0.1, 0.15) is 27.0 Å². The van der Waals surface area contributed by atoms with Crippen LogP contribution in [0.3, 0.4) is 0 Å². The molecule has 2 aromatic carbocycles. The molecule has 0 aliphatic rings. The van der Waals surface area contributed by atoms with E-state index in [0.717, 1.165) is 11.8 Å². The van der Waals surface area contributed by atoms with Crippen molar-refractivity contribution in [3.05, 3.63) is 65.8 Å². The van der Waals surface area contributed by atoms with E-state index in [1.807, 2.05) is 18.2 Å². The summed E-state index contributed by atoms with van der Waals surface area (Å²) in [6.45, 7) is 6.49. The van der Waals surface area contributed by atoms with Gasteiger partial charge in [0.05, 0.1) is 0 Å². The van der Waals surface area contributed by atoms with Crippen LogP contribution in [-0.4, -0.2) is 6.29 Å². The van der Waals surface area contributed by atoms with E-state index in [1.165, 1.54) is 23.8 Å². The van der Waals surface area contributed by atoms with Crippen molar-refractivity contribution in [2.45, 2.75) is 20.8 Å². The molecule has 2 rings (SSSR count). The summed E-state index contributed by atoms with van der Waals surface area (Å²) in [7, 11) is 0. The molecule has 0 saturated heterocycles. The third-order valence-electron chi connectivity index (χ3n) is 2.77. The van der Waals surface area contributed by atoms with E-state index in [9.17, 15) is 4.79 Å². The van der Waals surface area contributed by atoms with Crippen LogP contribution in [0.25, 0.3) is 0 Å². The molecule has 0 fully saturated rings. The van der Waals surface area contributed by atoms with Crippen molar-refractivity contribution in [1.82, 2.24) is 0 Å². The Labute approximate surface area is 118 Å². The smallest absolute Gasteiger partial charge is 0.298 e. The maximum absolute atomic E-state index is 10.8. The average molecular weight is 351 g/mol. The molecule has 0 bridgehead atoms. The highest BCUT2D eigenvalue weighted by molar-refractivity contribution is 5.74. The van der Waals surface area contributed by atoms with Crippen LogP contribution in [0, 0.1) is 27.9 Å². The number of carbonyl (C=O) groups excluding carboxylic acids is 1. The van der Waals surface area contributed by atoms with E-state index >= 15 is 0 Å². The molecule has 0 aromatic heterocycles. The second-order valence-electron chi connectivity index (χ2n) is 4.48. The molecule has 0 aliphatic carbocycles. The quantitative estimate of drug-likeness (QED) is 0.583. The van der Waals surface area contributed by atoms with Gasteiger partial charge in [0.2, 0.25) is 0 Å². The highest BCUT2D eigenvalue weighted by atomic mass is 127. The lowest BCUT2D eigenvalue weighted by atomic mass is 10.1. The fourth-order valence-electron chi connectivity index (χ4n) is 2.06. The Morgan fingerprint density at radius 3 is 2.28 bits per heavy atom. The second-order valence-corrected chi connectivity index (χ2v) is 7.34. The number of hydrogen-bond acceptors (Lipinski definition) is 1. The van der Waals surface area contributed by atoms with Crippen LogP contribution in [0.15, 0.2) is 36.4 Å². The van der Waals surface area contributed by atoms with Gasteiger partial charge in [-0.3, -0.25) is 4.79 Å². The predicted molar refractivity (Wildman–Crippen MR) is 69.9 cm³/mol. The molecule has 2 heteroatoms. The summed E-state index contributed by atoms with van der Waals surface area (Å²) in [5.41, 5.74) is 4.84. The molecule has 2 aromatic rings. The molecule has 0 unspecified atom stereocenters. The Morgan fingerprint density at radius 2 is 1.67 bits per heavy atom. The van der Waals surface area contributed by atoms with Gasteiger partial charge in [0.1, 0.15) is 6.29 Å². The summed E-state index contributed by atoms with van der Waals surface area (Å²) in [6.07, 6.45) is 0.919. The normalized spacial score (nSPS) is 10.4. The van der Waals surface area contributed by atoms with Crippen LogP contribution in [0.2, 0.25) is 0 Å². The van der Waals surface area contributed by atoms with Gasteiger partial charge in [-0.05, 0) is 26.8 Å². The molecule has 0 heterocycles. The summed E-state index contributed by atoms with van der Waals surface area (Å²) < 4.78 is 2.77. The first-order valence-electron chi connectivity index (χ1n) is 5.88. The molecule has 92 valence electrons. The molecule has 1 nitrogen and oxygen atoms in total. The number of hydrogen-bond donors (Lipinski definition) is 0. The van der Waals surface area contributed by atoms with Gasteiger partial charge in [-0.25, -0.2) is 0 Å². The molecule has 0 spiro atoms. The Balaban J connectivity index is 2.36. The van der Waals surface area contributed by atoms with E-state index in [2.05, 4.69) is 39.0 Å². The number of aryl methyl sites for hydroxylation is 3. The van der Waals surface area contributed by atoms with Gasteiger partial charge < -0.3 is 0 Å². The molecule has 0 radical (unpaired) electrons. The molecular weight excluding hydrogens is 335 g/mol. The Bertz CT molecular complexity index is 564. The molecule has 18 heavy (non-hydrogen) atoms. The Hall–Kier alpha value is -1.16. The maximum atomic E-state index is 10.8. The summed E-state index contributed by atoms with van der Waals surface area (Å²) in [5, 5.41) is 0. The number of aldehydes is 1. The summed E-state index contributed by atoms with van der Waals surface area (Å²) in [5.74, 6) is 0. The molecule has 0 amide bonds. The number of benzene rings is 2. The monoisotopic (exact) mass is 351 g/mol. The van der Waals surface area contributed by atoms with Crippen LogP contribution >= 0.6 is 0 Å². The molecule has 0 N–H and O–H groups in total. The minimum atomic E-state index is -0.209. The zero-order chi connectivity index (χ0) is 13.1. The molecule has 0 atom stereocenters. The van der Waals surface area contributed by atoms with Gasteiger partial charge >= 0.3 is 21.2 Å². The van der Waals surface area contributed by atoms with Gasteiger partial charge in [0.25, 0.3) is 0 Å². The van der Waals surface area contributed by atoms with Crippen molar-refractivity contribution in [3.63, 3.8) is 0 Å². The Morgan fingerprint density at radius 1 is 1.00 bits per heavy atom. The topological polar surface area (TPSA) is 17.1 Å². The van der Waals surface area contributed by atoms with Crippen molar-refractivity contribution in [2.24, 2.45) is 0 Å². The molecule has 0 aliphatic heterocycles. The van der Waals surface area contributed by atoms with Gasteiger partial charge in [-0.1, -0.05) is 29.8 Å². The zero-order valence-electron chi connectivity index (χ0n) is 10.8. The number of rotatable bonds is 3. The Kier molecular flexibility index (Phi) is 4.17.